The summed E-state index contributed by atoms with van der Waals surface area (Å²) in [7, 11) is 0. The molecule has 4 heteroatoms. The molecule has 0 spiro atoms. The molecule has 0 N–H and O–H groups in total. The zero-order chi connectivity index (χ0) is 19.8. The highest BCUT2D eigenvalue weighted by molar-refractivity contribution is 5.96. The van der Waals surface area contributed by atoms with Crippen molar-refractivity contribution < 1.29 is 4.79 Å². The second-order valence-corrected chi connectivity index (χ2v) is 7.77. The number of nitrogens with zero attached hydrogens (tertiary/aromatic N) is 3. The summed E-state index contributed by atoms with van der Waals surface area (Å²) in [5.41, 5.74) is 5.56. The summed E-state index contributed by atoms with van der Waals surface area (Å²) in [5.74, 6) is 1.24. The predicted octanol–water partition coefficient (Wildman–Crippen LogP) is 4.91. The Morgan fingerprint density at radius 3 is 2.45 bits per heavy atom. The lowest BCUT2D eigenvalue weighted by atomic mass is 10.1. The van der Waals surface area contributed by atoms with E-state index in [0.29, 0.717) is 13.0 Å². The van der Waals surface area contributed by atoms with Gasteiger partial charge in [-0.25, -0.2) is 4.98 Å². The summed E-state index contributed by atoms with van der Waals surface area (Å²) < 4.78 is 2.28. The number of para-hydroxylation sites is 3. The number of aromatic nitrogens is 2. The van der Waals surface area contributed by atoms with Crippen LogP contribution in [0.25, 0.3) is 11.0 Å². The number of imidazole rings is 1. The summed E-state index contributed by atoms with van der Waals surface area (Å²) in [6.45, 7) is 3.52. The number of amides is 1. The highest BCUT2D eigenvalue weighted by atomic mass is 16.2. The first kappa shape index (κ1) is 17.7. The van der Waals surface area contributed by atoms with Gasteiger partial charge in [-0.1, -0.05) is 60.2 Å². The quantitative estimate of drug-likeness (QED) is 0.504. The van der Waals surface area contributed by atoms with Crippen LogP contribution in [0.1, 0.15) is 29.3 Å². The van der Waals surface area contributed by atoms with Gasteiger partial charge in [-0.15, -0.1) is 0 Å². The first-order valence-corrected chi connectivity index (χ1v) is 10.0. The van der Waals surface area contributed by atoms with Crippen molar-refractivity contribution in [3.63, 3.8) is 0 Å². The van der Waals surface area contributed by atoms with E-state index in [1.54, 1.807) is 0 Å². The Bertz CT molecular complexity index is 1160. The molecule has 0 saturated carbocycles. The van der Waals surface area contributed by atoms with Crippen molar-refractivity contribution in [2.45, 2.75) is 25.8 Å². The number of anilines is 1. The summed E-state index contributed by atoms with van der Waals surface area (Å²) in [5, 5.41) is 0. The molecule has 1 amide bonds. The lowest BCUT2D eigenvalue weighted by Gasteiger charge is -2.17. The van der Waals surface area contributed by atoms with Crippen molar-refractivity contribution in [3.05, 3.63) is 95.8 Å². The van der Waals surface area contributed by atoms with Gasteiger partial charge in [0.15, 0.2) is 0 Å². The fourth-order valence-electron chi connectivity index (χ4n) is 4.19. The molecule has 1 fully saturated rings. The molecule has 3 aromatic carbocycles. The number of rotatable bonds is 4. The Morgan fingerprint density at radius 2 is 1.66 bits per heavy atom. The van der Waals surface area contributed by atoms with E-state index < -0.39 is 0 Å². The summed E-state index contributed by atoms with van der Waals surface area (Å²) in [6, 6.07) is 26.8. The average molecular weight is 381 g/mol. The van der Waals surface area contributed by atoms with Crippen molar-refractivity contribution >= 4 is 22.6 Å². The topological polar surface area (TPSA) is 38.1 Å². The lowest BCUT2D eigenvalue weighted by molar-refractivity contribution is -0.117. The van der Waals surface area contributed by atoms with Crippen LogP contribution >= 0.6 is 0 Å². The van der Waals surface area contributed by atoms with Gasteiger partial charge in [-0.2, -0.15) is 0 Å². The largest absolute Gasteiger partial charge is 0.323 e. The van der Waals surface area contributed by atoms with Gasteiger partial charge in [0.2, 0.25) is 5.91 Å². The molecule has 0 radical (unpaired) electrons. The maximum absolute atomic E-state index is 12.8. The molecule has 0 unspecified atom stereocenters. The van der Waals surface area contributed by atoms with Gasteiger partial charge in [-0.3, -0.25) is 4.79 Å². The molecule has 1 aromatic heterocycles. The Morgan fingerprint density at radius 1 is 0.931 bits per heavy atom. The van der Waals surface area contributed by atoms with Crippen LogP contribution in [0, 0.1) is 6.92 Å². The number of hydrogen-bond donors (Lipinski definition) is 0. The molecule has 2 heterocycles. The lowest BCUT2D eigenvalue weighted by Crippen LogP contribution is -2.24. The molecule has 5 rings (SSSR count). The first-order chi connectivity index (χ1) is 14.2. The fraction of sp³-hybridized carbons (Fsp3) is 0.200. The van der Waals surface area contributed by atoms with Crippen molar-refractivity contribution in [2.24, 2.45) is 0 Å². The van der Waals surface area contributed by atoms with Crippen LogP contribution < -0.4 is 4.90 Å². The van der Waals surface area contributed by atoms with E-state index in [1.807, 2.05) is 41.3 Å². The van der Waals surface area contributed by atoms with E-state index >= 15 is 0 Å². The minimum Gasteiger partial charge on any atom is -0.323 e. The third kappa shape index (κ3) is 3.31. The molecule has 1 aliphatic rings. The third-order valence-corrected chi connectivity index (χ3v) is 5.70. The molecule has 0 bridgehead atoms. The number of aryl methyl sites for hydroxylation is 1. The molecule has 4 nitrogen and oxygen atoms in total. The van der Waals surface area contributed by atoms with E-state index in [0.717, 1.165) is 29.1 Å². The van der Waals surface area contributed by atoms with Crippen LogP contribution in [-0.4, -0.2) is 22.0 Å². The van der Waals surface area contributed by atoms with Gasteiger partial charge >= 0.3 is 0 Å². The highest BCUT2D eigenvalue weighted by Crippen LogP contribution is 2.33. The normalized spacial score (nSPS) is 16.7. The standard InChI is InChI=1S/C25H23N3O/c1-18-11-13-19(14-12-18)16-28-23-10-6-5-9-22(23)26-25(28)20-15-24(29)27(17-20)21-7-3-2-4-8-21/h2-14,20H,15-17H2,1H3/t20-/m1/s1. The van der Waals surface area contributed by atoms with Crippen LogP contribution in [0.5, 0.6) is 0 Å². The SMILES string of the molecule is Cc1ccc(Cn2c([C@@H]3CC(=O)N(c4ccccc4)C3)nc3ccccc32)cc1. The first-order valence-electron chi connectivity index (χ1n) is 10.0. The number of carbonyl (C=O) groups excluding carboxylic acids is 1. The van der Waals surface area contributed by atoms with E-state index in [4.69, 9.17) is 4.98 Å². The molecule has 1 saturated heterocycles. The van der Waals surface area contributed by atoms with Gasteiger partial charge in [0, 0.05) is 31.1 Å². The Kier molecular flexibility index (Phi) is 4.39. The van der Waals surface area contributed by atoms with Crippen LogP contribution in [0.3, 0.4) is 0 Å². The minimum atomic E-state index is 0.0838. The maximum Gasteiger partial charge on any atom is 0.227 e. The second-order valence-electron chi connectivity index (χ2n) is 7.77. The molecule has 1 aliphatic heterocycles. The molecule has 0 aliphatic carbocycles. The van der Waals surface area contributed by atoms with Crippen molar-refractivity contribution in [1.82, 2.24) is 9.55 Å². The Hall–Kier alpha value is -3.40. The smallest absolute Gasteiger partial charge is 0.227 e. The zero-order valence-corrected chi connectivity index (χ0v) is 16.5. The van der Waals surface area contributed by atoms with E-state index in [-0.39, 0.29) is 11.8 Å². The van der Waals surface area contributed by atoms with Crippen LogP contribution in [0.2, 0.25) is 0 Å². The van der Waals surface area contributed by atoms with Crippen molar-refractivity contribution in [1.29, 1.82) is 0 Å². The van der Waals surface area contributed by atoms with Gasteiger partial charge in [0.05, 0.1) is 11.0 Å². The highest BCUT2D eigenvalue weighted by Gasteiger charge is 2.34. The van der Waals surface area contributed by atoms with Crippen LogP contribution in [0.4, 0.5) is 5.69 Å². The van der Waals surface area contributed by atoms with Crippen molar-refractivity contribution in [2.75, 3.05) is 11.4 Å². The summed E-state index contributed by atoms with van der Waals surface area (Å²) in [6.07, 6.45) is 0.492. The number of hydrogen-bond acceptors (Lipinski definition) is 2. The molecule has 1 atom stereocenters. The maximum atomic E-state index is 12.8. The van der Waals surface area contributed by atoms with Crippen molar-refractivity contribution in [3.8, 4) is 0 Å². The molecular formula is C25H23N3O. The number of carbonyl (C=O) groups is 1. The number of benzene rings is 3. The summed E-state index contributed by atoms with van der Waals surface area (Å²) >= 11 is 0. The van der Waals surface area contributed by atoms with Crippen LogP contribution in [0.15, 0.2) is 78.9 Å². The van der Waals surface area contributed by atoms with E-state index in [1.165, 1.54) is 11.1 Å². The average Bonchev–Trinajstić information content (AvgIpc) is 3.31. The molecule has 29 heavy (non-hydrogen) atoms. The fourth-order valence-corrected chi connectivity index (χ4v) is 4.19. The van der Waals surface area contributed by atoms with E-state index in [9.17, 15) is 4.79 Å². The van der Waals surface area contributed by atoms with Gasteiger partial charge in [0.25, 0.3) is 0 Å². The zero-order valence-electron chi connectivity index (χ0n) is 16.5. The number of fused-ring (bicyclic) bond motifs is 1. The van der Waals surface area contributed by atoms with Gasteiger partial charge in [-0.05, 0) is 36.8 Å². The van der Waals surface area contributed by atoms with E-state index in [2.05, 4.69) is 54.0 Å². The van der Waals surface area contributed by atoms with Crippen LogP contribution in [-0.2, 0) is 11.3 Å². The Balaban J connectivity index is 1.53. The minimum absolute atomic E-state index is 0.0838. The second kappa shape index (κ2) is 7.21. The summed E-state index contributed by atoms with van der Waals surface area (Å²) in [4.78, 5) is 19.6. The predicted molar refractivity (Wildman–Crippen MR) is 116 cm³/mol. The Labute approximate surface area is 170 Å². The molecule has 4 aromatic rings. The molecule has 144 valence electrons. The monoisotopic (exact) mass is 381 g/mol. The van der Waals surface area contributed by atoms with Gasteiger partial charge in [0.1, 0.15) is 5.82 Å². The molecular weight excluding hydrogens is 358 g/mol. The van der Waals surface area contributed by atoms with Gasteiger partial charge < -0.3 is 9.47 Å². The third-order valence-electron chi connectivity index (χ3n) is 5.70.